The van der Waals surface area contributed by atoms with E-state index in [2.05, 4.69) is 31.2 Å². The summed E-state index contributed by atoms with van der Waals surface area (Å²) in [5.74, 6) is -0.410. The van der Waals surface area contributed by atoms with E-state index in [0.29, 0.717) is 0 Å². The summed E-state index contributed by atoms with van der Waals surface area (Å²) in [5, 5.41) is 0. The molecule has 0 saturated carbocycles. The molecule has 0 aliphatic rings. The van der Waals surface area contributed by atoms with Crippen LogP contribution >= 0.6 is 0 Å². The predicted molar refractivity (Wildman–Crippen MR) is 69.9 cm³/mol. The zero-order chi connectivity index (χ0) is 12.1. The van der Waals surface area contributed by atoms with Crippen molar-refractivity contribution in [2.75, 3.05) is 0 Å². The Balaban J connectivity index is 3.45. The quantitative estimate of drug-likeness (QED) is 0.289. The van der Waals surface area contributed by atoms with Gasteiger partial charge in [0.25, 0.3) is 0 Å². The van der Waals surface area contributed by atoms with Gasteiger partial charge in [0.1, 0.15) is 0 Å². The fourth-order valence-electron chi connectivity index (χ4n) is 1.07. The summed E-state index contributed by atoms with van der Waals surface area (Å²) < 4.78 is 0. The van der Waals surface area contributed by atoms with Crippen molar-refractivity contribution < 1.29 is 4.79 Å². The Kier molecular flexibility index (Phi) is 10.4. The highest BCUT2D eigenvalue weighted by atomic mass is 16.1. The molecule has 0 aromatic rings. The molecule has 0 aliphatic heterocycles. The number of carbonyl (C=O) groups is 1. The molecule has 0 aromatic heterocycles. The second kappa shape index (κ2) is 11.5. The Morgan fingerprint density at radius 2 is 1.69 bits per heavy atom. The summed E-state index contributed by atoms with van der Waals surface area (Å²) in [6.45, 7) is 2.13. The topological polar surface area (TPSA) is 43.1 Å². The molecule has 2 heteroatoms. The second-order valence-electron chi connectivity index (χ2n) is 3.35. The number of amides is 1. The van der Waals surface area contributed by atoms with E-state index in [0.717, 1.165) is 25.7 Å². The molecular formula is C14H21NO. The molecule has 0 atom stereocenters. The number of carbonyl (C=O) groups excluding carboxylic acids is 1. The van der Waals surface area contributed by atoms with Crippen molar-refractivity contribution in [3.8, 4) is 0 Å². The largest absolute Gasteiger partial charge is 0.366 e. The van der Waals surface area contributed by atoms with Crippen molar-refractivity contribution in [3.05, 3.63) is 48.6 Å². The van der Waals surface area contributed by atoms with Gasteiger partial charge in [-0.1, -0.05) is 49.5 Å². The summed E-state index contributed by atoms with van der Waals surface area (Å²) in [6.07, 6.45) is 19.7. The maximum absolute atomic E-state index is 10.3. The molecule has 2 N–H and O–H groups in total. The SMILES string of the molecule is CCC=CCC=CCCC=CC=CC(N)=O. The first-order valence-electron chi connectivity index (χ1n) is 5.70. The van der Waals surface area contributed by atoms with E-state index >= 15 is 0 Å². The molecule has 0 fully saturated rings. The van der Waals surface area contributed by atoms with Crippen LogP contribution in [0, 0.1) is 0 Å². The van der Waals surface area contributed by atoms with Crippen LogP contribution < -0.4 is 5.73 Å². The fourth-order valence-corrected chi connectivity index (χ4v) is 1.07. The van der Waals surface area contributed by atoms with Crippen molar-refractivity contribution in [2.45, 2.75) is 32.6 Å². The highest BCUT2D eigenvalue weighted by Gasteiger charge is 1.78. The summed E-state index contributed by atoms with van der Waals surface area (Å²) in [6, 6.07) is 0. The molecule has 16 heavy (non-hydrogen) atoms. The molecule has 0 bridgehead atoms. The fraction of sp³-hybridized carbons (Fsp3) is 0.357. The predicted octanol–water partition coefficient (Wildman–Crippen LogP) is 3.28. The smallest absolute Gasteiger partial charge is 0.241 e. The molecule has 88 valence electrons. The highest BCUT2D eigenvalue weighted by molar-refractivity contribution is 5.85. The van der Waals surface area contributed by atoms with Crippen LogP contribution in [0.25, 0.3) is 0 Å². The molecule has 0 unspecified atom stereocenters. The number of allylic oxidation sites excluding steroid dienone is 7. The van der Waals surface area contributed by atoms with Gasteiger partial charge < -0.3 is 5.73 Å². The van der Waals surface area contributed by atoms with Crippen LogP contribution in [0.1, 0.15) is 32.6 Å². The molecule has 0 saturated heterocycles. The Morgan fingerprint density at radius 1 is 1.00 bits per heavy atom. The number of rotatable bonds is 8. The van der Waals surface area contributed by atoms with Crippen LogP contribution in [0.2, 0.25) is 0 Å². The minimum Gasteiger partial charge on any atom is -0.366 e. The molecule has 1 amide bonds. The third-order valence-electron chi connectivity index (χ3n) is 1.85. The Hall–Kier alpha value is -1.57. The minimum absolute atomic E-state index is 0.410. The lowest BCUT2D eigenvalue weighted by atomic mass is 10.2. The van der Waals surface area contributed by atoms with E-state index in [4.69, 9.17) is 5.73 Å². The average molecular weight is 219 g/mol. The monoisotopic (exact) mass is 219 g/mol. The third-order valence-corrected chi connectivity index (χ3v) is 1.85. The standard InChI is InChI=1S/C14H21NO/c1-2-3-4-5-6-7-8-9-10-11-12-13-14(15)16/h3-4,6-7,10-13H,2,5,8-9H2,1H3,(H2,15,16). The van der Waals surface area contributed by atoms with Crippen LogP contribution in [-0.2, 0) is 4.79 Å². The molecule has 0 spiro atoms. The molecular weight excluding hydrogens is 198 g/mol. The van der Waals surface area contributed by atoms with Crippen molar-refractivity contribution in [2.24, 2.45) is 5.73 Å². The van der Waals surface area contributed by atoms with Crippen LogP contribution in [0.15, 0.2) is 48.6 Å². The average Bonchev–Trinajstić information content (AvgIpc) is 2.25. The molecule has 0 aromatic carbocycles. The van der Waals surface area contributed by atoms with Gasteiger partial charge in [-0.3, -0.25) is 4.79 Å². The third kappa shape index (κ3) is 12.4. The van der Waals surface area contributed by atoms with Crippen LogP contribution in [0.3, 0.4) is 0 Å². The lowest BCUT2D eigenvalue weighted by Gasteiger charge is -1.86. The highest BCUT2D eigenvalue weighted by Crippen LogP contribution is 1.96. The zero-order valence-electron chi connectivity index (χ0n) is 9.93. The van der Waals surface area contributed by atoms with Crippen LogP contribution in [-0.4, -0.2) is 5.91 Å². The van der Waals surface area contributed by atoms with Crippen molar-refractivity contribution >= 4 is 5.91 Å². The van der Waals surface area contributed by atoms with E-state index in [1.54, 1.807) is 6.08 Å². The summed E-state index contributed by atoms with van der Waals surface area (Å²) >= 11 is 0. The number of primary amides is 1. The first kappa shape index (κ1) is 14.4. The molecule has 0 heterocycles. The Bertz CT molecular complexity index is 285. The Labute approximate surface area is 98.2 Å². The van der Waals surface area contributed by atoms with Gasteiger partial charge in [0.05, 0.1) is 0 Å². The zero-order valence-corrected chi connectivity index (χ0v) is 9.93. The normalized spacial score (nSPS) is 12.6. The summed E-state index contributed by atoms with van der Waals surface area (Å²) in [7, 11) is 0. The van der Waals surface area contributed by atoms with E-state index in [-0.39, 0.29) is 0 Å². The summed E-state index contributed by atoms with van der Waals surface area (Å²) in [5.41, 5.74) is 4.94. The van der Waals surface area contributed by atoms with Crippen molar-refractivity contribution in [1.29, 1.82) is 0 Å². The molecule has 0 rings (SSSR count). The van der Waals surface area contributed by atoms with Crippen LogP contribution in [0.4, 0.5) is 0 Å². The van der Waals surface area contributed by atoms with E-state index in [1.807, 2.05) is 12.2 Å². The van der Waals surface area contributed by atoms with Gasteiger partial charge in [-0.25, -0.2) is 0 Å². The number of unbranched alkanes of at least 4 members (excludes halogenated alkanes) is 1. The van der Waals surface area contributed by atoms with Gasteiger partial charge in [0.2, 0.25) is 5.91 Å². The van der Waals surface area contributed by atoms with Gasteiger partial charge in [-0.05, 0) is 25.7 Å². The molecule has 0 radical (unpaired) electrons. The van der Waals surface area contributed by atoms with Gasteiger partial charge in [0.15, 0.2) is 0 Å². The van der Waals surface area contributed by atoms with E-state index < -0.39 is 5.91 Å². The Morgan fingerprint density at radius 3 is 2.38 bits per heavy atom. The maximum Gasteiger partial charge on any atom is 0.241 e. The van der Waals surface area contributed by atoms with Gasteiger partial charge in [-0.2, -0.15) is 0 Å². The number of nitrogens with two attached hydrogens (primary N) is 1. The molecule has 0 aliphatic carbocycles. The van der Waals surface area contributed by atoms with E-state index in [1.165, 1.54) is 6.08 Å². The first-order valence-corrected chi connectivity index (χ1v) is 5.70. The lowest BCUT2D eigenvalue weighted by molar-refractivity contribution is -0.113. The summed E-state index contributed by atoms with van der Waals surface area (Å²) in [4.78, 5) is 10.3. The first-order chi connectivity index (χ1) is 7.77. The second-order valence-corrected chi connectivity index (χ2v) is 3.35. The molecule has 2 nitrogen and oxygen atoms in total. The van der Waals surface area contributed by atoms with Gasteiger partial charge in [0, 0.05) is 6.08 Å². The van der Waals surface area contributed by atoms with Crippen molar-refractivity contribution in [1.82, 2.24) is 0 Å². The van der Waals surface area contributed by atoms with Crippen LogP contribution in [0.5, 0.6) is 0 Å². The lowest BCUT2D eigenvalue weighted by Crippen LogP contribution is -2.04. The number of hydrogen-bond donors (Lipinski definition) is 1. The number of hydrogen-bond acceptors (Lipinski definition) is 1. The van der Waals surface area contributed by atoms with E-state index in [9.17, 15) is 4.79 Å². The van der Waals surface area contributed by atoms with Crippen molar-refractivity contribution in [3.63, 3.8) is 0 Å². The van der Waals surface area contributed by atoms with Gasteiger partial charge in [-0.15, -0.1) is 0 Å². The van der Waals surface area contributed by atoms with Gasteiger partial charge >= 0.3 is 0 Å². The maximum atomic E-state index is 10.3. The minimum atomic E-state index is -0.410.